The molecule has 0 saturated carbocycles. The molecule has 0 spiro atoms. The molecule has 0 aliphatic carbocycles. The van der Waals surface area contributed by atoms with Crippen molar-refractivity contribution in [1.82, 2.24) is 10.2 Å². The fraction of sp³-hybridized carbons (Fsp3) is 0.160. The molecule has 1 aliphatic heterocycles. The number of furan rings is 1. The Morgan fingerprint density at radius 2 is 1.64 bits per heavy atom. The molecule has 2 N–H and O–H groups in total. The van der Waals surface area contributed by atoms with E-state index in [0.29, 0.717) is 18.8 Å². The number of hydrogen-bond acceptors (Lipinski definition) is 5. The van der Waals surface area contributed by atoms with E-state index >= 15 is 0 Å². The van der Waals surface area contributed by atoms with Crippen molar-refractivity contribution in [2.24, 2.45) is 0 Å². The smallest absolute Gasteiger partial charge is 0.253 e. The lowest BCUT2D eigenvalue weighted by atomic mass is 10.1. The molecule has 2 amide bonds. The number of hydrogen-bond donors (Lipinski definition) is 2. The fourth-order valence-corrected chi connectivity index (χ4v) is 3.76. The van der Waals surface area contributed by atoms with Crippen LogP contribution in [0.4, 0.5) is 11.4 Å². The Hall–Kier alpha value is -3.91. The third-order valence-corrected chi connectivity index (χ3v) is 5.46. The van der Waals surface area contributed by atoms with Gasteiger partial charge >= 0.3 is 0 Å². The number of benzene rings is 2. The topological polar surface area (TPSA) is 77.8 Å². The van der Waals surface area contributed by atoms with Crippen LogP contribution in [0.1, 0.15) is 16.1 Å². The number of nitrogens with one attached hydrogen (secondary N) is 2. The first-order chi connectivity index (χ1) is 16.1. The number of piperazine rings is 1. The minimum absolute atomic E-state index is 0.0735. The van der Waals surface area contributed by atoms with E-state index in [2.05, 4.69) is 15.5 Å². The third-order valence-electron chi connectivity index (χ3n) is 5.26. The van der Waals surface area contributed by atoms with Gasteiger partial charge in [0.25, 0.3) is 5.91 Å². The molecule has 1 aromatic heterocycles. The summed E-state index contributed by atoms with van der Waals surface area (Å²) in [6.45, 7) is 2.88. The van der Waals surface area contributed by atoms with E-state index in [1.165, 1.54) is 12.3 Å². The summed E-state index contributed by atoms with van der Waals surface area (Å²) in [6.07, 6.45) is 4.47. The van der Waals surface area contributed by atoms with E-state index < -0.39 is 0 Å². The van der Waals surface area contributed by atoms with Crippen LogP contribution in [0.3, 0.4) is 0 Å². The van der Waals surface area contributed by atoms with Crippen LogP contribution in [0.15, 0.2) is 83.5 Å². The quantitative estimate of drug-likeness (QED) is 0.446. The minimum atomic E-state index is -0.344. The third kappa shape index (κ3) is 6.08. The van der Waals surface area contributed by atoms with Gasteiger partial charge in [0.1, 0.15) is 5.76 Å². The maximum absolute atomic E-state index is 12.6. The maximum Gasteiger partial charge on any atom is 0.253 e. The Labute approximate surface area is 197 Å². The number of nitrogens with zero attached hydrogens (tertiary/aromatic N) is 2. The van der Waals surface area contributed by atoms with Crippen molar-refractivity contribution in [2.45, 2.75) is 0 Å². The van der Waals surface area contributed by atoms with Gasteiger partial charge in [-0.05, 0) is 66.8 Å². The number of anilines is 2. The average Bonchev–Trinajstić information content (AvgIpc) is 3.37. The van der Waals surface area contributed by atoms with Crippen molar-refractivity contribution in [3.63, 3.8) is 0 Å². The molecular formula is C25H24N4O3S. The van der Waals surface area contributed by atoms with Crippen molar-refractivity contribution < 1.29 is 14.0 Å². The van der Waals surface area contributed by atoms with Crippen LogP contribution < -0.4 is 15.5 Å². The van der Waals surface area contributed by atoms with Crippen molar-refractivity contribution in [1.29, 1.82) is 0 Å². The Kier molecular flexibility index (Phi) is 7.16. The number of amides is 2. The molecule has 4 rings (SSSR count). The molecule has 1 saturated heterocycles. The van der Waals surface area contributed by atoms with Gasteiger partial charge < -0.3 is 19.5 Å². The van der Waals surface area contributed by atoms with Crippen LogP contribution in [0, 0.1) is 0 Å². The van der Waals surface area contributed by atoms with Gasteiger partial charge in [0.15, 0.2) is 5.11 Å². The summed E-state index contributed by atoms with van der Waals surface area (Å²) in [5.41, 5.74) is 2.57. The summed E-state index contributed by atoms with van der Waals surface area (Å²) in [5, 5.41) is 5.82. The predicted octanol–water partition coefficient (Wildman–Crippen LogP) is 3.77. The first-order valence-corrected chi connectivity index (χ1v) is 11.0. The summed E-state index contributed by atoms with van der Waals surface area (Å²) in [6, 6.07) is 20.7. The summed E-state index contributed by atoms with van der Waals surface area (Å²) >= 11 is 5.21. The van der Waals surface area contributed by atoms with Gasteiger partial charge in [0.2, 0.25) is 5.91 Å². The molecule has 0 atom stereocenters. The molecule has 168 valence electrons. The fourth-order valence-electron chi connectivity index (χ4n) is 3.55. The van der Waals surface area contributed by atoms with E-state index in [-0.39, 0.29) is 16.9 Å². The maximum atomic E-state index is 12.6. The molecule has 0 radical (unpaired) electrons. The van der Waals surface area contributed by atoms with Crippen LogP contribution in [-0.2, 0) is 4.79 Å². The molecule has 8 heteroatoms. The second kappa shape index (κ2) is 10.6. The Morgan fingerprint density at radius 1 is 0.909 bits per heavy atom. The number of carbonyl (C=O) groups excluding carboxylic acids is 2. The lowest BCUT2D eigenvalue weighted by molar-refractivity contribution is -0.115. The summed E-state index contributed by atoms with van der Waals surface area (Å²) in [7, 11) is 0. The largest absolute Gasteiger partial charge is 0.465 e. The Bertz CT molecular complexity index is 1120. The SMILES string of the molecule is O=C(/C=C/c1ccco1)NC(=S)Nc1ccc(N2CCN(C(=O)c3ccccc3)CC2)cc1. The van der Waals surface area contributed by atoms with Gasteiger partial charge in [-0.1, -0.05) is 18.2 Å². The molecule has 3 aromatic rings. The highest BCUT2D eigenvalue weighted by Crippen LogP contribution is 2.20. The standard InChI is InChI=1S/C25H24N4O3S/c30-23(13-12-22-7-4-18-32-22)27-25(33)26-20-8-10-21(11-9-20)28-14-16-29(17-15-28)24(31)19-5-2-1-3-6-19/h1-13,18H,14-17H2,(H2,26,27,30,33)/b13-12+. The zero-order valence-corrected chi connectivity index (χ0v) is 18.8. The highest BCUT2D eigenvalue weighted by atomic mass is 32.1. The van der Waals surface area contributed by atoms with Crippen LogP contribution in [-0.4, -0.2) is 48.0 Å². The van der Waals surface area contributed by atoms with Crippen LogP contribution in [0.25, 0.3) is 6.08 Å². The molecular weight excluding hydrogens is 436 g/mol. The average molecular weight is 461 g/mol. The van der Waals surface area contributed by atoms with Crippen LogP contribution in [0.5, 0.6) is 0 Å². The van der Waals surface area contributed by atoms with E-state index in [9.17, 15) is 9.59 Å². The van der Waals surface area contributed by atoms with Crippen molar-refractivity contribution in [3.05, 3.63) is 90.4 Å². The van der Waals surface area contributed by atoms with E-state index in [1.54, 1.807) is 18.2 Å². The van der Waals surface area contributed by atoms with Crippen molar-refractivity contribution in [2.75, 3.05) is 36.4 Å². The van der Waals surface area contributed by atoms with Gasteiger partial charge in [0.05, 0.1) is 6.26 Å². The van der Waals surface area contributed by atoms with Crippen LogP contribution >= 0.6 is 12.2 Å². The second-order valence-corrected chi connectivity index (χ2v) is 7.89. The van der Waals surface area contributed by atoms with Crippen LogP contribution in [0.2, 0.25) is 0 Å². The van der Waals surface area contributed by atoms with Gasteiger partial charge in [-0.25, -0.2) is 0 Å². The van der Waals surface area contributed by atoms with Gasteiger partial charge in [-0.2, -0.15) is 0 Å². The Balaban J connectivity index is 1.25. The van der Waals surface area contributed by atoms with Gasteiger partial charge in [-0.15, -0.1) is 0 Å². The Morgan fingerprint density at radius 3 is 2.30 bits per heavy atom. The monoisotopic (exact) mass is 460 g/mol. The van der Waals surface area contributed by atoms with Gasteiger partial charge in [0, 0.05) is 49.2 Å². The number of carbonyl (C=O) groups is 2. The molecule has 33 heavy (non-hydrogen) atoms. The predicted molar refractivity (Wildman–Crippen MR) is 133 cm³/mol. The molecule has 0 bridgehead atoms. The van der Waals surface area contributed by atoms with Crippen molar-refractivity contribution >= 4 is 46.6 Å². The molecule has 2 heterocycles. The zero-order valence-electron chi connectivity index (χ0n) is 17.9. The van der Waals surface area contributed by atoms with E-state index in [0.717, 1.165) is 30.0 Å². The van der Waals surface area contributed by atoms with E-state index in [4.69, 9.17) is 16.6 Å². The lowest BCUT2D eigenvalue weighted by Gasteiger charge is -2.36. The molecule has 0 unspecified atom stereocenters. The minimum Gasteiger partial charge on any atom is -0.465 e. The first kappa shape index (κ1) is 22.3. The molecule has 2 aromatic carbocycles. The van der Waals surface area contributed by atoms with Gasteiger partial charge in [-0.3, -0.25) is 14.9 Å². The second-order valence-electron chi connectivity index (χ2n) is 7.48. The highest BCUT2D eigenvalue weighted by Gasteiger charge is 2.22. The lowest BCUT2D eigenvalue weighted by Crippen LogP contribution is -2.48. The van der Waals surface area contributed by atoms with Crippen molar-refractivity contribution in [3.8, 4) is 0 Å². The normalized spacial score (nSPS) is 13.7. The molecule has 1 fully saturated rings. The zero-order chi connectivity index (χ0) is 23.0. The molecule has 7 nitrogen and oxygen atoms in total. The summed E-state index contributed by atoms with van der Waals surface area (Å²) in [4.78, 5) is 28.7. The highest BCUT2D eigenvalue weighted by molar-refractivity contribution is 7.80. The number of rotatable bonds is 5. The van der Waals surface area contributed by atoms with E-state index in [1.807, 2.05) is 59.5 Å². The summed E-state index contributed by atoms with van der Waals surface area (Å²) in [5.74, 6) is 0.317. The summed E-state index contributed by atoms with van der Waals surface area (Å²) < 4.78 is 5.14. The molecule has 1 aliphatic rings. The first-order valence-electron chi connectivity index (χ1n) is 10.6. The number of thiocarbonyl (C=S) groups is 1.